The Bertz CT molecular complexity index is 715. The van der Waals surface area contributed by atoms with E-state index in [-0.39, 0.29) is 4.47 Å². The normalized spacial score (nSPS) is 15.3. The maximum absolute atomic E-state index is 14.1. The average Bonchev–Trinajstić information content (AvgIpc) is 2.45. The van der Waals surface area contributed by atoms with Crippen molar-refractivity contribution in [3.63, 3.8) is 0 Å². The molecule has 0 aromatic heterocycles. The smallest absolute Gasteiger partial charge is 0.374 e. The Kier molecular flexibility index (Phi) is 4.51. The number of hydrogen-bond donors (Lipinski definition) is 1. The lowest BCUT2D eigenvalue weighted by molar-refractivity contribution is -0.336. The van der Waals surface area contributed by atoms with Crippen molar-refractivity contribution < 1.29 is 31.4 Å². The van der Waals surface area contributed by atoms with E-state index in [1.807, 2.05) is 0 Å². The summed E-state index contributed by atoms with van der Waals surface area (Å²) in [5.74, 6) is -6.61. The van der Waals surface area contributed by atoms with Crippen LogP contribution in [0.3, 0.4) is 0 Å². The monoisotopic (exact) mass is 398 g/mol. The predicted molar refractivity (Wildman–Crippen MR) is 74.5 cm³/mol. The summed E-state index contributed by atoms with van der Waals surface area (Å²) in [6, 6.07) is 7.75. The molecular formula is C15H9BrF6O. The highest BCUT2D eigenvalue weighted by molar-refractivity contribution is 9.10. The molecule has 0 saturated carbocycles. The summed E-state index contributed by atoms with van der Waals surface area (Å²) in [6.07, 6.45) is -6.05. The first kappa shape index (κ1) is 17.8. The van der Waals surface area contributed by atoms with Crippen molar-refractivity contribution in [2.45, 2.75) is 17.7 Å². The van der Waals surface area contributed by atoms with E-state index < -0.39 is 34.6 Å². The highest BCUT2D eigenvalue weighted by Crippen LogP contribution is 2.53. The van der Waals surface area contributed by atoms with Gasteiger partial charge in [0.15, 0.2) is 5.60 Å². The van der Waals surface area contributed by atoms with Crippen LogP contribution in [-0.2, 0) is 5.60 Å². The van der Waals surface area contributed by atoms with Crippen molar-refractivity contribution in [2.75, 3.05) is 0 Å². The highest BCUT2D eigenvalue weighted by Gasteiger charge is 2.71. The largest absolute Gasteiger partial charge is 0.457 e. The van der Waals surface area contributed by atoms with Gasteiger partial charge in [-0.05, 0) is 23.8 Å². The molecule has 0 aliphatic heterocycles. The lowest BCUT2D eigenvalue weighted by Gasteiger charge is -2.38. The van der Waals surface area contributed by atoms with Crippen LogP contribution in [0.1, 0.15) is 11.1 Å². The zero-order valence-corrected chi connectivity index (χ0v) is 12.8. The molecule has 1 N–H and O–H groups in total. The van der Waals surface area contributed by atoms with E-state index in [0.29, 0.717) is 6.07 Å². The molecule has 0 amide bonds. The van der Waals surface area contributed by atoms with Gasteiger partial charge < -0.3 is 5.11 Å². The van der Waals surface area contributed by atoms with Crippen molar-refractivity contribution >= 4 is 15.9 Å². The van der Waals surface area contributed by atoms with E-state index >= 15 is 0 Å². The maximum Gasteiger partial charge on any atom is 0.457 e. The van der Waals surface area contributed by atoms with Crippen LogP contribution in [0.4, 0.5) is 26.3 Å². The van der Waals surface area contributed by atoms with E-state index in [4.69, 9.17) is 0 Å². The molecule has 2 rings (SSSR count). The standard InChI is InChI=1S/C15H9BrF6O/c16-12-7-2-1-6-11(12)13(23,14(18,19)15(20,21)22)9-4-3-5-10(17)8-9/h1-8,23H. The first-order chi connectivity index (χ1) is 10.5. The first-order valence-corrected chi connectivity index (χ1v) is 6.99. The maximum atomic E-state index is 14.1. The van der Waals surface area contributed by atoms with Gasteiger partial charge in [0, 0.05) is 10.0 Å². The lowest BCUT2D eigenvalue weighted by Crippen LogP contribution is -2.55. The Balaban J connectivity index is 2.83. The Morgan fingerprint density at radius 3 is 2.00 bits per heavy atom. The molecule has 0 aliphatic carbocycles. The van der Waals surface area contributed by atoms with E-state index in [0.717, 1.165) is 24.3 Å². The van der Waals surface area contributed by atoms with Gasteiger partial charge in [-0.15, -0.1) is 0 Å². The van der Waals surface area contributed by atoms with E-state index in [1.54, 1.807) is 0 Å². The minimum Gasteiger partial charge on any atom is -0.374 e. The zero-order valence-electron chi connectivity index (χ0n) is 11.2. The number of rotatable bonds is 3. The first-order valence-electron chi connectivity index (χ1n) is 6.20. The number of halogens is 7. The minimum absolute atomic E-state index is 0.171. The molecule has 124 valence electrons. The molecule has 1 unspecified atom stereocenters. The number of hydrogen-bond acceptors (Lipinski definition) is 1. The van der Waals surface area contributed by atoms with E-state index in [1.165, 1.54) is 18.2 Å². The molecule has 0 radical (unpaired) electrons. The molecule has 0 heterocycles. The molecule has 2 aromatic carbocycles. The quantitative estimate of drug-likeness (QED) is 0.719. The van der Waals surface area contributed by atoms with Crippen molar-refractivity contribution in [3.8, 4) is 0 Å². The van der Waals surface area contributed by atoms with Gasteiger partial charge in [0.2, 0.25) is 0 Å². The fraction of sp³-hybridized carbons (Fsp3) is 0.200. The van der Waals surface area contributed by atoms with E-state index in [9.17, 15) is 31.4 Å². The Morgan fingerprint density at radius 2 is 1.48 bits per heavy atom. The second-order valence-corrected chi connectivity index (χ2v) is 5.63. The molecule has 0 fully saturated rings. The third-order valence-electron chi connectivity index (χ3n) is 3.32. The van der Waals surface area contributed by atoms with Gasteiger partial charge in [0.05, 0.1) is 0 Å². The predicted octanol–water partition coefficient (Wildman–Crippen LogP) is 5.02. The molecule has 23 heavy (non-hydrogen) atoms. The number of aliphatic hydroxyl groups is 1. The second-order valence-electron chi connectivity index (χ2n) is 4.77. The summed E-state index contributed by atoms with van der Waals surface area (Å²) < 4.78 is 80.2. The molecule has 2 aromatic rings. The molecule has 0 saturated heterocycles. The van der Waals surface area contributed by atoms with Crippen molar-refractivity contribution in [1.82, 2.24) is 0 Å². The minimum atomic E-state index is -6.05. The van der Waals surface area contributed by atoms with Crippen LogP contribution in [0.15, 0.2) is 53.0 Å². The SMILES string of the molecule is OC(c1cccc(F)c1)(c1ccccc1Br)C(F)(F)C(F)(F)F. The summed E-state index contributed by atoms with van der Waals surface area (Å²) in [6.45, 7) is 0. The van der Waals surface area contributed by atoms with Gasteiger partial charge >= 0.3 is 12.1 Å². The van der Waals surface area contributed by atoms with Crippen LogP contribution in [0.2, 0.25) is 0 Å². The summed E-state index contributed by atoms with van der Waals surface area (Å²) in [5, 5.41) is 10.5. The van der Waals surface area contributed by atoms with Crippen molar-refractivity contribution in [2.24, 2.45) is 0 Å². The third kappa shape index (κ3) is 2.85. The van der Waals surface area contributed by atoms with E-state index in [2.05, 4.69) is 15.9 Å². The Hall–Kier alpha value is -1.54. The Morgan fingerprint density at radius 1 is 0.870 bits per heavy atom. The van der Waals surface area contributed by atoms with Gasteiger partial charge in [-0.1, -0.05) is 46.3 Å². The third-order valence-corrected chi connectivity index (χ3v) is 4.01. The van der Waals surface area contributed by atoms with Crippen LogP contribution < -0.4 is 0 Å². The van der Waals surface area contributed by atoms with Crippen LogP contribution in [-0.4, -0.2) is 17.2 Å². The number of benzene rings is 2. The zero-order chi connectivity index (χ0) is 17.5. The van der Waals surface area contributed by atoms with Gasteiger partial charge in [0.25, 0.3) is 0 Å². The van der Waals surface area contributed by atoms with Crippen LogP contribution in [0.5, 0.6) is 0 Å². The van der Waals surface area contributed by atoms with Crippen LogP contribution in [0, 0.1) is 5.82 Å². The fourth-order valence-electron chi connectivity index (χ4n) is 2.18. The van der Waals surface area contributed by atoms with Gasteiger partial charge in [0.1, 0.15) is 5.82 Å². The summed E-state index contributed by atoms with van der Waals surface area (Å²) in [7, 11) is 0. The Labute approximate surface area is 135 Å². The summed E-state index contributed by atoms with van der Waals surface area (Å²) in [4.78, 5) is 0. The molecule has 1 nitrogen and oxygen atoms in total. The van der Waals surface area contributed by atoms with Gasteiger partial charge in [-0.25, -0.2) is 4.39 Å². The lowest BCUT2D eigenvalue weighted by atomic mass is 9.80. The average molecular weight is 399 g/mol. The number of alkyl halides is 5. The van der Waals surface area contributed by atoms with Crippen molar-refractivity contribution in [1.29, 1.82) is 0 Å². The van der Waals surface area contributed by atoms with Crippen LogP contribution in [0.25, 0.3) is 0 Å². The van der Waals surface area contributed by atoms with Crippen molar-refractivity contribution in [3.05, 3.63) is 69.9 Å². The highest BCUT2D eigenvalue weighted by atomic mass is 79.9. The molecule has 8 heteroatoms. The second kappa shape index (κ2) is 5.83. The molecule has 0 bridgehead atoms. The summed E-state index contributed by atoms with van der Waals surface area (Å²) in [5.41, 5.74) is -5.44. The fourth-order valence-corrected chi connectivity index (χ4v) is 2.75. The topological polar surface area (TPSA) is 20.2 Å². The molecule has 0 spiro atoms. The van der Waals surface area contributed by atoms with Gasteiger partial charge in [-0.3, -0.25) is 0 Å². The van der Waals surface area contributed by atoms with Gasteiger partial charge in [-0.2, -0.15) is 22.0 Å². The summed E-state index contributed by atoms with van der Waals surface area (Å²) >= 11 is 2.85. The molecule has 0 aliphatic rings. The van der Waals surface area contributed by atoms with Crippen LogP contribution >= 0.6 is 15.9 Å². The molecular weight excluding hydrogens is 390 g/mol. The molecule has 1 atom stereocenters.